The van der Waals surface area contributed by atoms with Crippen LogP contribution in [0.1, 0.15) is 61.0 Å². The van der Waals surface area contributed by atoms with Crippen molar-refractivity contribution in [2.75, 3.05) is 13.1 Å². The number of benzene rings is 2. The van der Waals surface area contributed by atoms with Crippen molar-refractivity contribution in [1.29, 1.82) is 0 Å². The van der Waals surface area contributed by atoms with Gasteiger partial charge in [-0.05, 0) is 63.6 Å². The molecule has 1 aliphatic heterocycles. The van der Waals surface area contributed by atoms with Crippen LogP contribution in [0, 0.1) is 26.7 Å². The molecule has 1 saturated carbocycles. The maximum Gasteiger partial charge on any atom is 0.339 e. The molecule has 0 unspecified atom stereocenters. The van der Waals surface area contributed by atoms with Gasteiger partial charge in [0.05, 0.1) is 5.60 Å². The van der Waals surface area contributed by atoms with Gasteiger partial charge >= 0.3 is 5.63 Å². The van der Waals surface area contributed by atoms with Crippen LogP contribution in [0.2, 0.25) is 0 Å². The molecule has 1 aliphatic carbocycles. The van der Waals surface area contributed by atoms with E-state index < -0.39 is 11.2 Å². The average molecular weight is 514 g/mol. The number of likely N-dealkylation sites (tertiary alicyclic amines) is 1. The summed E-state index contributed by atoms with van der Waals surface area (Å²) in [6, 6.07) is 12.2. The van der Waals surface area contributed by atoms with Gasteiger partial charge in [-0.25, -0.2) is 4.79 Å². The topological polar surface area (TPSA) is 83.9 Å². The second-order valence-corrected chi connectivity index (χ2v) is 11.3. The molecule has 2 aromatic carbocycles. The van der Waals surface area contributed by atoms with Gasteiger partial charge in [0.15, 0.2) is 0 Å². The molecule has 6 heteroatoms. The Morgan fingerprint density at radius 1 is 1.03 bits per heavy atom. The largest absolute Gasteiger partial charge is 0.460 e. The number of aliphatic hydroxyl groups is 1. The van der Waals surface area contributed by atoms with Crippen LogP contribution in [-0.2, 0) is 11.2 Å². The Balaban J connectivity index is 1.31. The molecule has 0 bridgehead atoms. The summed E-state index contributed by atoms with van der Waals surface area (Å²) in [5.41, 5.74) is 4.59. The highest BCUT2D eigenvalue weighted by atomic mass is 16.4. The molecule has 1 N–H and O–H groups in total. The second-order valence-electron chi connectivity index (χ2n) is 11.3. The fourth-order valence-corrected chi connectivity index (χ4v) is 6.81. The van der Waals surface area contributed by atoms with Gasteiger partial charge in [0, 0.05) is 52.9 Å². The Bertz CT molecular complexity index is 1600. The smallest absolute Gasteiger partial charge is 0.339 e. The third-order valence-corrected chi connectivity index (χ3v) is 9.07. The molecule has 6 nitrogen and oxygen atoms in total. The monoisotopic (exact) mass is 513 g/mol. The van der Waals surface area contributed by atoms with Gasteiger partial charge in [0.1, 0.15) is 16.9 Å². The van der Waals surface area contributed by atoms with Crippen LogP contribution in [-0.4, -0.2) is 34.6 Å². The second kappa shape index (κ2) is 9.42. The summed E-state index contributed by atoms with van der Waals surface area (Å²) in [5, 5.41) is 12.8. The van der Waals surface area contributed by atoms with Crippen molar-refractivity contribution in [3.8, 4) is 11.1 Å². The molecule has 2 aliphatic rings. The predicted octanol–water partition coefficient (Wildman–Crippen LogP) is 6.22. The molecule has 0 spiro atoms. The van der Waals surface area contributed by atoms with E-state index in [0.29, 0.717) is 37.1 Å². The first-order chi connectivity index (χ1) is 18.3. The lowest BCUT2D eigenvalue weighted by Gasteiger charge is -2.47. The number of furan rings is 1. The molecule has 6 rings (SSSR count). The molecular formula is C32H35NO5. The predicted molar refractivity (Wildman–Crippen MR) is 148 cm³/mol. The number of nitrogens with zero attached hydrogens (tertiary/aromatic N) is 1. The Morgan fingerprint density at radius 3 is 2.58 bits per heavy atom. The molecule has 1 amide bonds. The van der Waals surface area contributed by atoms with E-state index in [2.05, 4.69) is 18.2 Å². The maximum absolute atomic E-state index is 13.2. The quantitative estimate of drug-likeness (QED) is 0.328. The molecule has 4 aromatic rings. The summed E-state index contributed by atoms with van der Waals surface area (Å²) in [6.07, 6.45) is 5.22. The molecule has 2 atom stereocenters. The standard InChI is InChI=1S/C32H35NO5/c1-19-24(12-13-27(34)33-16-15-32(36)14-8-7-11-23(32)18-33)31(35)38-29-20(2)30-26(17-25(19)29)28(21(3)37-30)22-9-5-4-6-10-22/h4-6,9-10,17,23,36H,7-8,11-16,18H2,1-3H3/t23-,32-/m0/s1. The first kappa shape index (κ1) is 24.9. The van der Waals surface area contributed by atoms with E-state index in [-0.39, 0.29) is 18.2 Å². The van der Waals surface area contributed by atoms with E-state index in [1.807, 2.05) is 43.9 Å². The summed E-state index contributed by atoms with van der Waals surface area (Å²) in [7, 11) is 0. The van der Waals surface area contributed by atoms with Crippen molar-refractivity contribution >= 4 is 27.8 Å². The van der Waals surface area contributed by atoms with E-state index >= 15 is 0 Å². The highest BCUT2D eigenvalue weighted by Gasteiger charge is 2.43. The lowest BCUT2D eigenvalue weighted by Crippen LogP contribution is -2.54. The maximum atomic E-state index is 13.2. The highest BCUT2D eigenvalue weighted by molar-refractivity contribution is 6.05. The van der Waals surface area contributed by atoms with Crippen LogP contribution in [0.15, 0.2) is 50.0 Å². The molecule has 38 heavy (non-hydrogen) atoms. The fourth-order valence-electron chi connectivity index (χ4n) is 6.81. The molecule has 3 heterocycles. The summed E-state index contributed by atoms with van der Waals surface area (Å²) in [4.78, 5) is 28.2. The Morgan fingerprint density at radius 2 is 1.79 bits per heavy atom. The van der Waals surface area contributed by atoms with Crippen molar-refractivity contribution in [2.24, 2.45) is 5.92 Å². The van der Waals surface area contributed by atoms with Crippen LogP contribution < -0.4 is 5.63 Å². The van der Waals surface area contributed by atoms with Gasteiger partial charge in [-0.15, -0.1) is 0 Å². The number of hydrogen-bond acceptors (Lipinski definition) is 5. The summed E-state index contributed by atoms with van der Waals surface area (Å²) >= 11 is 0. The van der Waals surface area contributed by atoms with E-state index in [1.165, 1.54) is 0 Å². The van der Waals surface area contributed by atoms with Crippen molar-refractivity contribution in [3.63, 3.8) is 0 Å². The summed E-state index contributed by atoms with van der Waals surface area (Å²) < 4.78 is 12.0. The fraction of sp³-hybridized carbons (Fsp3) is 0.438. The molecule has 2 fully saturated rings. The molecule has 1 saturated heterocycles. The molecule has 0 radical (unpaired) electrons. The average Bonchev–Trinajstić information content (AvgIpc) is 3.25. The number of fused-ring (bicyclic) bond motifs is 3. The highest BCUT2D eigenvalue weighted by Crippen LogP contribution is 2.41. The number of piperidine rings is 1. The molecule has 2 aromatic heterocycles. The number of rotatable bonds is 4. The van der Waals surface area contributed by atoms with Crippen molar-refractivity contribution in [1.82, 2.24) is 4.90 Å². The first-order valence-electron chi connectivity index (χ1n) is 13.8. The van der Waals surface area contributed by atoms with Gasteiger partial charge < -0.3 is 18.8 Å². The number of carbonyl (C=O) groups is 1. The lowest BCUT2D eigenvalue weighted by molar-refractivity contribution is -0.143. The summed E-state index contributed by atoms with van der Waals surface area (Å²) in [5.74, 6) is 1.02. The normalized spacial score (nSPS) is 21.7. The minimum atomic E-state index is -0.613. The third-order valence-electron chi connectivity index (χ3n) is 9.07. The van der Waals surface area contributed by atoms with Gasteiger partial charge in [-0.1, -0.05) is 43.2 Å². The number of aryl methyl sites for hydroxylation is 3. The van der Waals surface area contributed by atoms with Crippen molar-refractivity contribution in [3.05, 3.63) is 69.3 Å². The van der Waals surface area contributed by atoms with Crippen LogP contribution in [0.25, 0.3) is 33.1 Å². The van der Waals surface area contributed by atoms with Crippen LogP contribution in [0.3, 0.4) is 0 Å². The van der Waals surface area contributed by atoms with Gasteiger partial charge in [-0.3, -0.25) is 4.79 Å². The zero-order valence-electron chi connectivity index (χ0n) is 22.4. The van der Waals surface area contributed by atoms with E-state index in [1.54, 1.807) is 0 Å². The Labute approximate surface area is 222 Å². The van der Waals surface area contributed by atoms with Gasteiger partial charge in [-0.2, -0.15) is 0 Å². The molecular weight excluding hydrogens is 478 g/mol. The number of hydrogen-bond donors (Lipinski definition) is 1. The SMILES string of the molecule is Cc1oc2c(C)c3oc(=O)c(CCC(=O)N4CC[C@@]5(O)CCCC[C@H]5C4)c(C)c3cc2c1-c1ccccc1. The van der Waals surface area contributed by atoms with E-state index in [0.717, 1.165) is 70.1 Å². The minimum absolute atomic E-state index is 0.0416. The van der Waals surface area contributed by atoms with Crippen LogP contribution >= 0.6 is 0 Å². The zero-order chi connectivity index (χ0) is 26.6. The van der Waals surface area contributed by atoms with Crippen LogP contribution in [0.5, 0.6) is 0 Å². The van der Waals surface area contributed by atoms with Gasteiger partial charge in [0.2, 0.25) is 5.91 Å². The van der Waals surface area contributed by atoms with Crippen LogP contribution in [0.4, 0.5) is 0 Å². The minimum Gasteiger partial charge on any atom is -0.460 e. The molecule has 198 valence electrons. The Kier molecular flexibility index (Phi) is 6.18. The van der Waals surface area contributed by atoms with Gasteiger partial charge in [0.25, 0.3) is 0 Å². The zero-order valence-corrected chi connectivity index (χ0v) is 22.4. The number of carbonyl (C=O) groups excluding carboxylic acids is 1. The Hall–Kier alpha value is -3.38. The first-order valence-corrected chi connectivity index (χ1v) is 13.8. The van der Waals surface area contributed by atoms with Crippen molar-refractivity contribution in [2.45, 2.75) is 71.3 Å². The summed E-state index contributed by atoms with van der Waals surface area (Å²) in [6.45, 7) is 7.02. The van der Waals surface area contributed by atoms with E-state index in [9.17, 15) is 14.7 Å². The third kappa shape index (κ3) is 4.06. The number of amides is 1. The van der Waals surface area contributed by atoms with Crippen molar-refractivity contribution < 1.29 is 18.7 Å². The lowest BCUT2D eigenvalue weighted by atomic mass is 9.71. The van der Waals surface area contributed by atoms with E-state index in [4.69, 9.17) is 8.83 Å².